The molecule has 5 heterocycles. The van der Waals surface area contributed by atoms with Crippen molar-refractivity contribution in [3.63, 3.8) is 0 Å². The monoisotopic (exact) mass is 678 g/mol. The number of hydrogen-bond donors (Lipinski definition) is 5. The first kappa shape index (κ1) is 34.6. The molecule has 3 aliphatic rings. The number of H-pyrrole nitrogens is 3. The molecule has 3 aromatic heterocycles. The van der Waals surface area contributed by atoms with E-state index >= 15 is 0 Å². The molecule has 0 saturated carbocycles. The van der Waals surface area contributed by atoms with Crippen LogP contribution >= 0.6 is 0 Å². The zero-order chi connectivity index (χ0) is 36.0. The highest BCUT2D eigenvalue weighted by Gasteiger charge is 2.49. The van der Waals surface area contributed by atoms with Gasteiger partial charge in [-0.2, -0.15) is 0 Å². The Bertz CT molecular complexity index is 2240. The highest BCUT2D eigenvalue weighted by molar-refractivity contribution is 6.19. The third-order valence-electron chi connectivity index (χ3n) is 10.6. The second-order valence-corrected chi connectivity index (χ2v) is 13.7. The van der Waals surface area contributed by atoms with Gasteiger partial charge in [0.05, 0.1) is 30.1 Å². The van der Waals surface area contributed by atoms with Crippen molar-refractivity contribution >= 4 is 53.9 Å². The highest BCUT2D eigenvalue weighted by Crippen LogP contribution is 2.42. The van der Waals surface area contributed by atoms with E-state index in [-0.39, 0.29) is 36.6 Å². The summed E-state index contributed by atoms with van der Waals surface area (Å²) in [5, 5.41) is 16.8. The van der Waals surface area contributed by atoms with E-state index in [1.54, 1.807) is 0 Å². The smallest absolute Gasteiger partial charge is 0.320 e. The lowest BCUT2D eigenvalue weighted by atomic mass is 9.80. The number of ether oxygens (including phenoxy) is 2. The van der Waals surface area contributed by atoms with E-state index in [9.17, 15) is 19.5 Å². The van der Waals surface area contributed by atoms with Crippen molar-refractivity contribution in [1.82, 2.24) is 20.3 Å². The molecule has 1 unspecified atom stereocenters. The van der Waals surface area contributed by atoms with E-state index in [4.69, 9.17) is 9.47 Å². The molecule has 0 aromatic carbocycles. The summed E-state index contributed by atoms with van der Waals surface area (Å²) in [5.41, 5.74) is 9.08. The summed E-state index contributed by atoms with van der Waals surface area (Å²) in [6, 6.07) is -0.464. The maximum atomic E-state index is 14.2. The third kappa shape index (κ3) is 5.76. The molecule has 50 heavy (non-hydrogen) atoms. The Morgan fingerprint density at radius 2 is 1.76 bits per heavy atom. The Balaban J connectivity index is 1.63. The van der Waals surface area contributed by atoms with Crippen LogP contribution in [0.2, 0.25) is 0 Å². The normalized spacial score (nSPS) is 23.3. The number of esters is 2. The summed E-state index contributed by atoms with van der Waals surface area (Å²) in [5.74, 6) is -2.62. The lowest BCUT2D eigenvalue weighted by molar-refractivity contribution is -0.143. The number of fused-ring (bicyclic) bond motifs is 8. The lowest BCUT2D eigenvalue weighted by Gasteiger charge is -2.25. The topological polar surface area (TPSA) is 149 Å². The second-order valence-electron chi connectivity index (χ2n) is 13.7. The summed E-state index contributed by atoms with van der Waals surface area (Å²) in [4.78, 5) is 51.2. The number of carbonyl (C=O) groups is 3. The fourth-order valence-corrected chi connectivity index (χ4v) is 7.87. The van der Waals surface area contributed by atoms with Gasteiger partial charge in [0, 0.05) is 56.8 Å². The van der Waals surface area contributed by atoms with Crippen molar-refractivity contribution in [3.05, 3.63) is 90.1 Å². The Morgan fingerprint density at radius 3 is 2.42 bits per heavy atom. The van der Waals surface area contributed by atoms with Crippen LogP contribution in [0.4, 0.5) is 0 Å². The van der Waals surface area contributed by atoms with Crippen LogP contribution in [0.15, 0.2) is 23.9 Å². The molecule has 6 rings (SSSR count). The van der Waals surface area contributed by atoms with E-state index in [2.05, 4.69) is 39.8 Å². The first-order valence-electron chi connectivity index (χ1n) is 17.2. The molecule has 1 saturated heterocycles. The van der Waals surface area contributed by atoms with Crippen molar-refractivity contribution in [2.75, 3.05) is 13.7 Å². The predicted octanol–water partition coefficient (Wildman–Crippen LogP) is 3.45. The molecule has 4 atom stereocenters. The average Bonchev–Trinajstić information content (AvgIpc) is 3.83. The van der Waals surface area contributed by atoms with Gasteiger partial charge in [-0.1, -0.05) is 32.1 Å². The first-order chi connectivity index (χ1) is 23.9. The van der Waals surface area contributed by atoms with Gasteiger partial charge in [-0.05, 0) is 93.0 Å². The summed E-state index contributed by atoms with van der Waals surface area (Å²) >= 11 is 0. The second kappa shape index (κ2) is 13.6. The van der Waals surface area contributed by atoms with Crippen LogP contribution < -0.4 is 26.6 Å². The Labute approximate surface area is 291 Å². The van der Waals surface area contributed by atoms with E-state index < -0.39 is 17.9 Å². The Morgan fingerprint density at radius 1 is 1.02 bits per heavy atom. The molecule has 0 amide bonds. The number of carbonyl (C=O) groups excluding carboxylic acids is 3. The number of aromatic nitrogens is 3. The number of allylic oxidation sites excluding steroid dienone is 2. The van der Waals surface area contributed by atoms with Crippen LogP contribution in [-0.4, -0.2) is 57.5 Å². The molecular formula is C40H46N4O6. The first-order valence-corrected chi connectivity index (χ1v) is 17.2. The number of aromatic amines is 3. The van der Waals surface area contributed by atoms with E-state index in [1.807, 2.05) is 58.9 Å². The van der Waals surface area contributed by atoms with Crippen molar-refractivity contribution in [2.45, 2.75) is 66.8 Å². The summed E-state index contributed by atoms with van der Waals surface area (Å²) in [6.45, 7) is 16.2. The van der Waals surface area contributed by atoms with E-state index in [1.165, 1.54) is 7.11 Å². The van der Waals surface area contributed by atoms with E-state index in [0.717, 1.165) is 56.7 Å². The maximum Gasteiger partial charge on any atom is 0.320 e. The summed E-state index contributed by atoms with van der Waals surface area (Å²) in [6.07, 6.45) is 12.1. The molecule has 10 heteroatoms. The van der Waals surface area contributed by atoms with Crippen LogP contribution in [0.5, 0.6) is 0 Å². The van der Waals surface area contributed by atoms with E-state index in [0.29, 0.717) is 45.5 Å². The fourth-order valence-electron chi connectivity index (χ4n) is 7.87. The largest absolute Gasteiger partial charge is 0.515 e. The Hall–Kier alpha value is -5.25. The molecule has 2 aliphatic heterocycles. The number of nitrogens with one attached hydrogen (secondary N) is 4. The number of aliphatic hydroxyl groups is 1. The highest BCUT2D eigenvalue weighted by atomic mass is 16.5. The predicted molar refractivity (Wildman–Crippen MR) is 194 cm³/mol. The minimum absolute atomic E-state index is 0.0798. The molecule has 262 valence electrons. The number of methoxy groups -OCH3 is 1. The zero-order valence-electron chi connectivity index (χ0n) is 29.8. The maximum absolute atomic E-state index is 14.2. The van der Waals surface area contributed by atoms with Crippen LogP contribution in [0.25, 0.3) is 36.1 Å². The number of ketones is 1. The number of rotatable bonds is 8. The van der Waals surface area contributed by atoms with Crippen LogP contribution in [0.3, 0.4) is 0 Å². The molecule has 1 fully saturated rings. The summed E-state index contributed by atoms with van der Waals surface area (Å²) in [7, 11) is 1.30. The van der Waals surface area contributed by atoms with Crippen LogP contribution in [-0.2, 0) is 25.5 Å². The molecule has 1 aliphatic carbocycles. The van der Waals surface area contributed by atoms with Gasteiger partial charge in [0.2, 0.25) is 0 Å². The van der Waals surface area contributed by atoms with Gasteiger partial charge in [0.15, 0.2) is 5.78 Å². The van der Waals surface area contributed by atoms with Crippen molar-refractivity contribution in [2.24, 2.45) is 17.8 Å². The third-order valence-corrected chi connectivity index (χ3v) is 10.6. The van der Waals surface area contributed by atoms with Gasteiger partial charge < -0.3 is 34.8 Å². The van der Waals surface area contributed by atoms with Gasteiger partial charge in [-0.3, -0.25) is 14.4 Å². The molecule has 0 radical (unpaired) electrons. The zero-order valence-corrected chi connectivity index (χ0v) is 29.8. The van der Waals surface area contributed by atoms with Gasteiger partial charge in [0.1, 0.15) is 12.5 Å². The standard InChI is InChI=1S/C40H46N4O6/c1-9-23-20(5)27-15-28-21(6)25(11-12-33(46)50-14-13-19(3)4)37(43-28)35-36(40(48)49-8)39(47)34-22(7)29(44-38(34)35)16-31-24(10-2)26(18-45)32(42-31)17-30(23)41-27/h9,13,15-18,21,25,36-37,41-45H,1,10-12,14H2,2-8H3/b26-18+,28-15-,29-16-,32-17-/t21-,25-,36+,37?/m0/s1. The molecule has 0 spiro atoms. The molecule has 5 N–H and O–H groups in total. The van der Waals surface area contributed by atoms with Gasteiger partial charge in [-0.25, -0.2) is 0 Å². The quantitative estimate of drug-likeness (QED) is 0.139. The fraction of sp³-hybridized carbons (Fsp3) is 0.375. The van der Waals surface area contributed by atoms with Crippen LogP contribution in [0.1, 0.15) is 90.2 Å². The minimum atomic E-state index is -1.14. The number of hydrogen-bond acceptors (Lipinski definition) is 7. The molecular weight excluding hydrogens is 632 g/mol. The molecule has 8 bridgehead atoms. The number of aliphatic hydroxyl groups excluding tert-OH is 1. The molecule has 10 nitrogen and oxygen atoms in total. The van der Waals surface area contributed by atoms with Crippen molar-refractivity contribution in [1.29, 1.82) is 0 Å². The minimum Gasteiger partial charge on any atom is -0.515 e. The van der Waals surface area contributed by atoms with Crippen molar-refractivity contribution in [3.8, 4) is 0 Å². The SMILES string of the molecule is C=Cc1c2[nH]c(c1C)/C=C1\NC(C3=c4[nH]/c(c(C)c4C(=O)[C@@H]3C(=O)OC)=C\c3[nH]c(/c(=C/O)c3CC)=C\2)[C@@H](CCC(=O)OCC=C(C)C)[C@@H]1C. The Kier molecular flexibility index (Phi) is 9.39. The molecule has 3 aromatic rings. The number of Topliss-reactive ketones (excluding diaryl/α,β-unsaturated/α-hetero) is 1. The van der Waals surface area contributed by atoms with Gasteiger partial charge >= 0.3 is 11.9 Å². The summed E-state index contributed by atoms with van der Waals surface area (Å²) < 4.78 is 10.7. The van der Waals surface area contributed by atoms with Gasteiger partial charge in [0.25, 0.3) is 0 Å². The van der Waals surface area contributed by atoms with Crippen molar-refractivity contribution < 1.29 is 29.0 Å². The van der Waals surface area contributed by atoms with Gasteiger partial charge in [-0.15, -0.1) is 0 Å². The lowest BCUT2D eigenvalue weighted by Crippen LogP contribution is -2.38. The van der Waals surface area contributed by atoms with Crippen LogP contribution in [0, 0.1) is 31.6 Å². The average molecular weight is 679 g/mol.